The van der Waals surface area contributed by atoms with Crippen LogP contribution in [0.1, 0.15) is 51.9 Å². The van der Waals surface area contributed by atoms with E-state index in [2.05, 4.69) is 24.1 Å². The lowest BCUT2D eigenvalue weighted by Crippen LogP contribution is -2.45. The number of nitrogens with zero attached hydrogens (tertiary/aromatic N) is 3. The summed E-state index contributed by atoms with van der Waals surface area (Å²) in [5, 5.41) is 13.0. The third-order valence-electron chi connectivity index (χ3n) is 3.80. The molecular formula is C16H30N4O. The standard InChI is InChI=1S/C16H30N4O/c1-7-9-13-18-14(17-10-8-2)12(3)15(19-13)20(6)16(4,5)11-21/h21H,7-11H2,1-6H3,(H,17,18,19). The molecule has 2 N–H and O–H groups in total. The van der Waals surface area contributed by atoms with E-state index in [0.29, 0.717) is 0 Å². The largest absolute Gasteiger partial charge is 0.394 e. The van der Waals surface area contributed by atoms with Crippen molar-refractivity contribution >= 4 is 11.6 Å². The van der Waals surface area contributed by atoms with Crippen molar-refractivity contribution in [2.75, 3.05) is 30.4 Å². The van der Waals surface area contributed by atoms with E-state index < -0.39 is 0 Å². The zero-order chi connectivity index (χ0) is 16.0. The fourth-order valence-electron chi connectivity index (χ4n) is 2.02. The van der Waals surface area contributed by atoms with E-state index in [1.807, 2.05) is 32.7 Å². The average molecular weight is 294 g/mol. The van der Waals surface area contributed by atoms with E-state index in [1.54, 1.807) is 0 Å². The first-order chi connectivity index (χ1) is 9.87. The van der Waals surface area contributed by atoms with E-state index >= 15 is 0 Å². The van der Waals surface area contributed by atoms with Gasteiger partial charge in [0.1, 0.15) is 17.5 Å². The number of hydrogen-bond donors (Lipinski definition) is 2. The molecule has 21 heavy (non-hydrogen) atoms. The van der Waals surface area contributed by atoms with Gasteiger partial charge in [0.05, 0.1) is 12.1 Å². The van der Waals surface area contributed by atoms with Crippen LogP contribution in [-0.4, -0.2) is 40.8 Å². The van der Waals surface area contributed by atoms with Gasteiger partial charge < -0.3 is 15.3 Å². The number of nitrogens with one attached hydrogen (secondary N) is 1. The van der Waals surface area contributed by atoms with E-state index in [1.165, 1.54) is 0 Å². The maximum absolute atomic E-state index is 9.60. The Balaban J connectivity index is 3.25. The van der Waals surface area contributed by atoms with Gasteiger partial charge in [-0.1, -0.05) is 13.8 Å². The maximum atomic E-state index is 9.60. The molecule has 1 aromatic rings. The fraction of sp³-hybridized carbons (Fsp3) is 0.750. The highest BCUT2D eigenvalue weighted by atomic mass is 16.3. The number of aliphatic hydroxyl groups is 1. The van der Waals surface area contributed by atoms with Gasteiger partial charge in [-0.3, -0.25) is 0 Å². The second-order valence-corrected chi connectivity index (χ2v) is 6.14. The summed E-state index contributed by atoms with van der Waals surface area (Å²) < 4.78 is 0. The number of anilines is 2. The average Bonchev–Trinajstić information content (AvgIpc) is 2.46. The number of rotatable bonds is 8. The lowest BCUT2D eigenvalue weighted by Gasteiger charge is -2.36. The van der Waals surface area contributed by atoms with Crippen molar-refractivity contribution in [1.82, 2.24) is 9.97 Å². The summed E-state index contributed by atoms with van der Waals surface area (Å²) in [5.41, 5.74) is 0.678. The van der Waals surface area contributed by atoms with Gasteiger partial charge in [-0.2, -0.15) is 0 Å². The van der Waals surface area contributed by atoms with E-state index in [0.717, 1.165) is 48.8 Å². The van der Waals surface area contributed by atoms with Crippen molar-refractivity contribution in [2.45, 2.75) is 59.4 Å². The molecule has 0 fully saturated rings. The Bertz CT molecular complexity index is 460. The molecule has 1 rings (SSSR count). The second-order valence-electron chi connectivity index (χ2n) is 6.14. The van der Waals surface area contributed by atoms with Crippen molar-refractivity contribution in [1.29, 1.82) is 0 Å². The van der Waals surface area contributed by atoms with Crippen LogP contribution in [0, 0.1) is 6.92 Å². The predicted octanol–water partition coefficient (Wildman–Crippen LogP) is 2.77. The lowest BCUT2D eigenvalue weighted by molar-refractivity contribution is 0.215. The maximum Gasteiger partial charge on any atom is 0.137 e. The molecular weight excluding hydrogens is 264 g/mol. The quantitative estimate of drug-likeness (QED) is 0.772. The minimum absolute atomic E-state index is 0.0772. The van der Waals surface area contributed by atoms with Gasteiger partial charge in [0.15, 0.2) is 0 Å². The Morgan fingerprint density at radius 2 is 1.86 bits per heavy atom. The van der Waals surface area contributed by atoms with Gasteiger partial charge in [0.2, 0.25) is 0 Å². The molecule has 0 amide bonds. The number of aromatic nitrogens is 2. The van der Waals surface area contributed by atoms with Crippen molar-refractivity contribution in [3.8, 4) is 0 Å². The number of aryl methyl sites for hydroxylation is 1. The Morgan fingerprint density at radius 1 is 1.19 bits per heavy atom. The summed E-state index contributed by atoms with van der Waals surface area (Å²) in [7, 11) is 1.98. The monoisotopic (exact) mass is 294 g/mol. The minimum Gasteiger partial charge on any atom is -0.394 e. The highest BCUT2D eigenvalue weighted by molar-refractivity contribution is 5.59. The molecule has 5 heteroatoms. The first kappa shape index (κ1) is 17.7. The van der Waals surface area contributed by atoms with Crippen LogP contribution in [0.15, 0.2) is 0 Å². The molecule has 0 aromatic carbocycles. The third-order valence-corrected chi connectivity index (χ3v) is 3.80. The van der Waals surface area contributed by atoms with Crippen LogP contribution in [-0.2, 0) is 6.42 Å². The van der Waals surface area contributed by atoms with Crippen LogP contribution < -0.4 is 10.2 Å². The molecule has 5 nitrogen and oxygen atoms in total. The molecule has 0 bridgehead atoms. The van der Waals surface area contributed by atoms with Gasteiger partial charge in [0.25, 0.3) is 0 Å². The molecule has 0 spiro atoms. The summed E-state index contributed by atoms with van der Waals surface area (Å²) in [6.45, 7) is 11.3. The van der Waals surface area contributed by atoms with Crippen molar-refractivity contribution in [2.24, 2.45) is 0 Å². The topological polar surface area (TPSA) is 61.3 Å². The van der Waals surface area contributed by atoms with Gasteiger partial charge in [-0.05, 0) is 33.6 Å². The molecule has 0 saturated heterocycles. The number of hydrogen-bond acceptors (Lipinski definition) is 5. The Labute approximate surface area is 128 Å². The van der Waals surface area contributed by atoms with Crippen molar-refractivity contribution < 1.29 is 5.11 Å². The molecule has 1 heterocycles. The van der Waals surface area contributed by atoms with Gasteiger partial charge in [-0.15, -0.1) is 0 Å². The van der Waals surface area contributed by atoms with Crippen LogP contribution in [0.2, 0.25) is 0 Å². The van der Waals surface area contributed by atoms with E-state index in [4.69, 9.17) is 4.98 Å². The normalized spacial score (nSPS) is 11.6. The summed E-state index contributed by atoms with van der Waals surface area (Å²) in [6, 6.07) is 0. The molecule has 0 aliphatic carbocycles. The van der Waals surface area contributed by atoms with Crippen LogP contribution in [0.4, 0.5) is 11.6 Å². The van der Waals surface area contributed by atoms with E-state index in [-0.39, 0.29) is 12.1 Å². The zero-order valence-corrected chi connectivity index (χ0v) is 14.3. The molecule has 120 valence electrons. The van der Waals surface area contributed by atoms with Crippen LogP contribution in [0.3, 0.4) is 0 Å². The van der Waals surface area contributed by atoms with Gasteiger partial charge >= 0.3 is 0 Å². The third kappa shape index (κ3) is 4.30. The summed E-state index contributed by atoms with van der Waals surface area (Å²) in [4.78, 5) is 11.4. The number of likely N-dealkylation sites (N-methyl/N-ethyl adjacent to an activating group) is 1. The molecule has 0 aliphatic rings. The smallest absolute Gasteiger partial charge is 0.137 e. The first-order valence-corrected chi connectivity index (χ1v) is 7.83. The van der Waals surface area contributed by atoms with Crippen LogP contribution >= 0.6 is 0 Å². The summed E-state index contributed by atoms with van der Waals surface area (Å²) >= 11 is 0. The zero-order valence-electron chi connectivity index (χ0n) is 14.3. The van der Waals surface area contributed by atoms with Gasteiger partial charge in [0, 0.05) is 25.6 Å². The summed E-state index contributed by atoms with van der Waals surface area (Å²) in [6.07, 6.45) is 2.93. The predicted molar refractivity (Wildman–Crippen MR) is 89.1 cm³/mol. The molecule has 0 aliphatic heterocycles. The molecule has 0 atom stereocenters. The van der Waals surface area contributed by atoms with Crippen LogP contribution in [0.25, 0.3) is 0 Å². The summed E-state index contributed by atoms with van der Waals surface area (Å²) in [5.74, 6) is 2.66. The Hall–Kier alpha value is -1.36. The first-order valence-electron chi connectivity index (χ1n) is 7.83. The van der Waals surface area contributed by atoms with Crippen molar-refractivity contribution in [3.05, 3.63) is 11.4 Å². The number of aliphatic hydroxyl groups excluding tert-OH is 1. The van der Waals surface area contributed by atoms with Crippen molar-refractivity contribution in [3.63, 3.8) is 0 Å². The lowest BCUT2D eigenvalue weighted by atomic mass is 10.0. The minimum atomic E-state index is -0.357. The Morgan fingerprint density at radius 3 is 2.38 bits per heavy atom. The highest BCUT2D eigenvalue weighted by Gasteiger charge is 2.26. The SMILES string of the molecule is CCCNc1nc(CCC)nc(N(C)C(C)(C)CO)c1C. The van der Waals surface area contributed by atoms with E-state index in [9.17, 15) is 5.11 Å². The Kier molecular flexibility index (Phi) is 6.40. The molecule has 1 aromatic heterocycles. The van der Waals surface area contributed by atoms with Crippen LogP contribution in [0.5, 0.6) is 0 Å². The second kappa shape index (κ2) is 7.59. The molecule has 0 unspecified atom stereocenters. The van der Waals surface area contributed by atoms with Gasteiger partial charge in [-0.25, -0.2) is 9.97 Å². The molecule has 0 saturated carbocycles. The fourth-order valence-corrected chi connectivity index (χ4v) is 2.02. The molecule has 0 radical (unpaired) electrons. The highest BCUT2D eigenvalue weighted by Crippen LogP contribution is 2.28.